The van der Waals surface area contributed by atoms with Crippen LogP contribution in [0.15, 0.2) is 18.2 Å². The number of cyclic esters (lactones) is 1. The summed E-state index contributed by atoms with van der Waals surface area (Å²) in [5, 5.41) is 1.58. The van der Waals surface area contributed by atoms with Gasteiger partial charge in [0.2, 0.25) is 0 Å². The van der Waals surface area contributed by atoms with E-state index in [1.54, 1.807) is 17.1 Å². The van der Waals surface area contributed by atoms with Gasteiger partial charge in [-0.05, 0) is 31.7 Å². The van der Waals surface area contributed by atoms with Crippen LogP contribution < -0.4 is 15.2 Å². The number of ketones is 1. The van der Waals surface area contributed by atoms with Crippen molar-refractivity contribution in [1.82, 2.24) is 20.2 Å². The van der Waals surface area contributed by atoms with Crippen LogP contribution in [0.4, 0.5) is 34.1 Å². The number of ether oxygens (including phenoxy) is 1. The zero-order valence-electron chi connectivity index (χ0n) is 20.2. The van der Waals surface area contributed by atoms with Crippen LogP contribution >= 0.6 is 0 Å². The first-order valence-corrected chi connectivity index (χ1v) is 12.0. The minimum Gasteiger partial charge on any atom is -0.444 e. The maximum Gasteiger partial charge on any atom is 0.414 e. The van der Waals surface area contributed by atoms with E-state index in [1.165, 1.54) is 11.0 Å². The predicted molar refractivity (Wildman–Crippen MR) is 126 cm³/mol. The van der Waals surface area contributed by atoms with Crippen LogP contribution in [0.3, 0.4) is 0 Å². The minimum atomic E-state index is -3.05. The molecule has 198 valence electrons. The Morgan fingerprint density at radius 1 is 1.11 bits per heavy atom. The summed E-state index contributed by atoms with van der Waals surface area (Å²) in [6.07, 6.45) is -4.90. The van der Waals surface area contributed by atoms with Gasteiger partial charge in [-0.3, -0.25) is 14.7 Å². The Morgan fingerprint density at radius 3 is 2.56 bits per heavy atom. The van der Waals surface area contributed by atoms with Crippen molar-refractivity contribution in [2.24, 2.45) is 0 Å². The fourth-order valence-corrected chi connectivity index (χ4v) is 4.52. The average Bonchev–Trinajstić information content (AvgIpc) is 3.06. The summed E-state index contributed by atoms with van der Waals surface area (Å²) in [6.45, 7) is 4.76. The second kappa shape index (κ2) is 11.3. The fraction of sp³-hybridized carbons (Fsp3) is 0.609. The van der Waals surface area contributed by atoms with E-state index in [-0.39, 0.29) is 24.7 Å². The Hall–Kier alpha value is -3.06. The molecule has 0 radical (unpaired) electrons. The monoisotopic (exact) mass is 512 g/mol. The molecule has 4 rings (SSSR count). The van der Waals surface area contributed by atoms with E-state index in [2.05, 4.69) is 10.3 Å². The number of nitrogens with zero attached hydrogens (tertiary/aromatic N) is 5. The van der Waals surface area contributed by atoms with Crippen LogP contribution in [0.25, 0.3) is 0 Å². The van der Waals surface area contributed by atoms with Gasteiger partial charge in [0.1, 0.15) is 11.9 Å². The minimum absolute atomic E-state index is 0.0178. The molecule has 0 spiro atoms. The molecule has 0 aromatic heterocycles. The number of hydrogen-bond acceptors (Lipinski definition) is 7. The molecular weight excluding hydrogens is 481 g/mol. The van der Waals surface area contributed by atoms with Gasteiger partial charge in [0.25, 0.3) is 6.43 Å². The van der Waals surface area contributed by atoms with E-state index in [0.29, 0.717) is 45.0 Å². The molecule has 10 nitrogen and oxygen atoms in total. The molecule has 3 fully saturated rings. The molecule has 0 unspecified atom stereocenters. The zero-order valence-corrected chi connectivity index (χ0v) is 20.2. The van der Waals surface area contributed by atoms with Crippen molar-refractivity contribution in [2.75, 3.05) is 75.8 Å². The number of piperazine rings is 1. The second-order valence-corrected chi connectivity index (χ2v) is 9.18. The lowest BCUT2D eigenvalue weighted by molar-refractivity contribution is -0.129. The van der Waals surface area contributed by atoms with E-state index in [0.717, 1.165) is 13.1 Å². The molecular formula is C23H31F3N6O4. The lowest BCUT2D eigenvalue weighted by Gasteiger charge is -2.35. The molecule has 0 bridgehead atoms. The third kappa shape index (κ3) is 6.01. The summed E-state index contributed by atoms with van der Waals surface area (Å²) in [6, 6.07) is 4.31. The van der Waals surface area contributed by atoms with E-state index >= 15 is 4.39 Å². The van der Waals surface area contributed by atoms with Crippen LogP contribution in [0.1, 0.15) is 12.8 Å². The molecule has 0 aliphatic carbocycles. The van der Waals surface area contributed by atoms with E-state index in [1.807, 2.05) is 16.8 Å². The molecule has 0 saturated carbocycles. The lowest BCUT2D eigenvalue weighted by Crippen LogP contribution is -2.55. The number of rotatable bonds is 6. The number of anilines is 2. The second-order valence-electron chi connectivity index (χ2n) is 9.18. The van der Waals surface area contributed by atoms with Crippen molar-refractivity contribution in [3.8, 4) is 0 Å². The third-order valence-corrected chi connectivity index (χ3v) is 6.70. The van der Waals surface area contributed by atoms with Gasteiger partial charge in [0.15, 0.2) is 5.78 Å². The lowest BCUT2D eigenvalue weighted by atomic mass is 10.1. The molecule has 13 heteroatoms. The van der Waals surface area contributed by atoms with Gasteiger partial charge in [0, 0.05) is 52.2 Å². The molecule has 3 amide bonds. The number of carbonyl (C=O) groups is 3. The topological polar surface area (TPSA) is 88.7 Å². The normalized spacial score (nSPS) is 21.7. The third-order valence-electron chi connectivity index (χ3n) is 6.70. The van der Waals surface area contributed by atoms with E-state index in [9.17, 15) is 23.2 Å². The maximum atomic E-state index is 15.1. The molecule has 1 N–H and O–H groups in total. The number of hydrogen-bond donors (Lipinski definition) is 1. The number of likely N-dealkylation sites (N-methyl/N-ethyl adjacent to an activating group) is 1. The highest BCUT2D eigenvalue weighted by atomic mass is 19.3. The molecule has 36 heavy (non-hydrogen) atoms. The highest BCUT2D eigenvalue weighted by molar-refractivity contribution is 5.90. The number of halogens is 3. The molecule has 3 aliphatic heterocycles. The Balaban J connectivity index is 1.34. The van der Waals surface area contributed by atoms with E-state index < -0.39 is 36.6 Å². The Morgan fingerprint density at radius 2 is 1.86 bits per heavy atom. The van der Waals surface area contributed by atoms with Crippen LogP contribution in [-0.2, 0) is 9.53 Å². The first-order valence-electron chi connectivity index (χ1n) is 12.0. The number of nitrogens with one attached hydrogen (secondary N) is 1. The number of carbonyl (C=O) groups excluding carboxylic acids is 3. The molecule has 3 aliphatic rings. The van der Waals surface area contributed by atoms with Gasteiger partial charge in [-0.15, -0.1) is 0 Å². The average molecular weight is 513 g/mol. The van der Waals surface area contributed by atoms with Crippen molar-refractivity contribution < 1.29 is 32.3 Å². The SMILES string of the molecule is CN1CCN(C(=O)N2CCN(c3ccc(N4C[C@H](CCC(=O)C(F)F)OC4=O)cc3F)CCN2)CC1. The van der Waals surface area contributed by atoms with Gasteiger partial charge in [-0.25, -0.2) is 28.2 Å². The standard InChI is InChI=1S/C23H31F3N6O4/c1-28-8-10-30(11-9-28)22(34)32-13-12-29(7-6-27-32)19-4-2-16(14-18(19)24)31-15-17(36-23(31)35)3-5-20(33)21(25)26/h2,4,14,17,21,27H,3,5-13,15H2,1H3/t17-/m0/s1. The summed E-state index contributed by atoms with van der Waals surface area (Å²) in [4.78, 5) is 43.3. The number of alkyl halides is 2. The van der Waals surface area contributed by atoms with Gasteiger partial charge in [0.05, 0.1) is 24.5 Å². The zero-order chi connectivity index (χ0) is 25.8. The summed E-state index contributed by atoms with van der Waals surface area (Å²) in [7, 11) is 2.02. The summed E-state index contributed by atoms with van der Waals surface area (Å²) in [5.74, 6) is -1.73. The Labute approximate surface area is 207 Å². The summed E-state index contributed by atoms with van der Waals surface area (Å²) in [5.41, 5.74) is 3.76. The number of Topliss-reactive ketones (excluding diaryl/α,β-unsaturated/α-hetero) is 1. The molecule has 1 atom stereocenters. The summed E-state index contributed by atoms with van der Waals surface area (Å²) >= 11 is 0. The van der Waals surface area contributed by atoms with Crippen LogP contribution in [0, 0.1) is 5.82 Å². The van der Waals surface area contributed by atoms with Gasteiger partial charge < -0.3 is 19.4 Å². The van der Waals surface area contributed by atoms with Crippen LogP contribution in [0.2, 0.25) is 0 Å². The van der Waals surface area contributed by atoms with Crippen molar-refractivity contribution in [3.63, 3.8) is 0 Å². The smallest absolute Gasteiger partial charge is 0.414 e. The predicted octanol–water partition coefficient (Wildman–Crippen LogP) is 1.76. The quantitative estimate of drug-likeness (QED) is 0.622. The van der Waals surface area contributed by atoms with Gasteiger partial charge >= 0.3 is 12.1 Å². The first kappa shape index (κ1) is 26.0. The van der Waals surface area contributed by atoms with Gasteiger partial charge in [-0.2, -0.15) is 0 Å². The summed E-state index contributed by atoms with van der Waals surface area (Å²) < 4.78 is 45.1. The Bertz CT molecular complexity index is 975. The van der Waals surface area contributed by atoms with Gasteiger partial charge in [-0.1, -0.05) is 0 Å². The van der Waals surface area contributed by atoms with E-state index in [4.69, 9.17) is 4.74 Å². The van der Waals surface area contributed by atoms with Crippen molar-refractivity contribution in [1.29, 1.82) is 0 Å². The van der Waals surface area contributed by atoms with Crippen LogP contribution in [-0.4, -0.2) is 111 Å². The number of amides is 3. The molecule has 1 aromatic carbocycles. The van der Waals surface area contributed by atoms with Crippen molar-refractivity contribution in [3.05, 3.63) is 24.0 Å². The molecule has 3 saturated heterocycles. The Kier molecular flexibility index (Phi) is 8.19. The molecule has 1 aromatic rings. The van der Waals surface area contributed by atoms with Crippen molar-refractivity contribution >= 4 is 29.3 Å². The highest BCUT2D eigenvalue weighted by Crippen LogP contribution is 2.29. The number of hydrazine groups is 1. The molecule has 3 heterocycles. The number of benzene rings is 1. The highest BCUT2D eigenvalue weighted by Gasteiger charge is 2.34. The van der Waals surface area contributed by atoms with Crippen molar-refractivity contribution in [2.45, 2.75) is 25.4 Å². The number of urea groups is 1. The largest absolute Gasteiger partial charge is 0.444 e. The maximum absolute atomic E-state index is 15.1. The van der Waals surface area contributed by atoms with Crippen LogP contribution in [0.5, 0.6) is 0 Å². The fourth-order valence-electron chi connectivity index (χ4n) is 4.52. The first-order chi connectivity index (χ1) is 17.2.